The molecule has 0 aromatic carbocycles. The van der Waals surface area contributed by atoms with Crippen molar-refractivity contribution < 1.29 is 18.3 Å². The number of aromatic nitrogens is 2. The zero-order valence-electron chi connectivity index (χ0n) is 11.5. The Morgan fingerprint density at radius 3 is 2.71 bits per heavy atom. The number of carboxylic acids is 1. The lowest BCUT2D eigenvalue weighted by atomic mass is 10.2. The Balaban J connectivity index is 1.79. The van der Waals surface area contributed by atoms with Gasteiger partial charge < -0.3 is 5.11 Å². The van der Waals surface area contributed by atoms with Gasteiger partial charge >= 0.3 is 5.97 Å². The van der Waals surface area contributed by atoms with E-state index < -0.39 is 16.0 Å². The normalized spacial score (nSPS) is 24.7. The maximum atomic E-state index is 12.6. The van der Waals surface area contributed by atoms with Crippen LogP contribution < -0.4 is 0 Å². The van der Waals surface area contributed by atoms with E-state index in [1.165, 1.54) is 4.31 Å². The molecule has 21 heavy (non-hydrogen) atoms. The molecule has 1 unspecified atom stereocenters. The van der Waals surface area contributed by atoms with Crippen LogP contribution in [0.1, 0.15) is 29.6 Å². The van der Waals surface area contributed by atoms with Gasteiger partial charge in [-0.3, -0.25) is 10.00 Å². The van der Waals surface area contributed by atoms with Gasteiger partial charge in [-0.05, 0) is 32.4 Å². The number of aromatic carboxylic acids is 1. The van der Waals surface area contributed by atoms with Gasteiger partial charge in [0.1, 0.15) is 5.56 Å². The number of carboxylic acid groups (broad SMARTS) is 1. The minimum absolute atomic E-state index is 0.235. The standard InChI is InChI=1S/C12H18N4O4S/c17-12(18)10-7-13-14-11(10)21(19,20)16-6-3-9(8-16)15-4-1-2-5-15/h7,9H,1-6,8H2,(H,13,14)(H,17,18). The van der Waals surface area contributed by atoms with Crippen molar-refractivity contribution in [3.8, 4) is 0 Å². The first-order valence-electron chi connectivity index (χ1n) is 7.01. The highest BCUT2D eigenvalue weighted by molar-refractivity contribution is 7.89. The zero-order valence-corrected chi connectivity index (χ0v) is 12.3. The molecule has 1 aromatic rings. The van der Waals surface area contributed by atoms with E-state index in [9.17, 15) is 13.2 Å². The maximum Gasteiger partial charge on any atom is 0.340 e. The number of carbonyl (C=O) groups is 1. The van der Waals surface area contributed by atoms with Gasteiger partial charge in [-0.15, -0.1) is 0 Å². The molecule has 8 nitrogen and oxygen atoms in total. The Labute approximate surface area is 122 Å². The number of hydrogen-bond acceptors (Lipinski definition) is 5. The van der Waals surface area contributed by atoms with Crippen LogP contribution in [0, 0.1) is 0 Å². The van der Waals surface area contributed by atoms with Crippen molar-refractivity contribution in [2.45, 2.75) is 30.3 Å². The first-order valence-corrected chi connectivity index (χ1v) is 8.45. The third kappa shape index (κ3) is 2.56. The van der Waals surface area contributed by atoms with E-state index in [0.717, 1.165) is 38.5 Å². The molecule has 9 heteroatoms. The van der Waals surface area contributed by atoms with Gasteiger partial charge in [0.2, 0.25) is 0 Å². The van der Waals surface area contributed by atoms with Gasteiger partial charge in [0.25, 0.3) is 10.0 Å². The smallest absolute Gasteiger partial charge is 0.340 e. The topological polar surface area (TPSA) is 107 Å². The summed E-state index contributed by atoms with van der Waals surface area (Å²) in [6.45, 7) is 2.87. The van der Waals surface area contributed by atoms with Crippen LogP contribution in [0.4, 0.5) is 0 Å². The van der Waals surface area contributed by atoms with E-state index in [4.69, 9.17) is 5.11 Å². The molecule has 2 aliphatic heterocycles. The lowest BCUT2D eigenvalue weighted by Gasteiger charge is -2.23. The van der Waals surface area contributed by atoms with Crippen molar-refractivity contribution >= 4 is 16.0 Å². The zero-order chi connectivity index (χ0) is 15.0. The minimum Gasteiger partial charge on any atom is -0.478 e. The summed E-state index contributed by atoms with van der Waals surface area (Å²) in [5.74, 6) is -1.29. The van der Waals surface area contributed by atoms with Crippen LogP contribution >= 0.6 is 0 Å². The molecule has 1 aromatic heterocycles. The molecule has 1 atom stereocenters. The molecule has 0 bridgehead atoms. The number of sulfonamides is 1. The summed E-state index contributed by atoms with van der Waals surface area (Å²) in [6.07, 6.45) is 4.14. The number of rotatable bonds is 4. The fourth-order valence-electron chi connectivity index (χ4n) is 3.09. The number of likely N-dealkylation sites (tertiary alicyclic amines) is 1. The van der Waals surface area contributed by atoms with Gasteiger partial charge in [0.15, 0.2) is 5.03 Å². The summed E-state index contributed by atoms with van der Waals surface area (Å²) < 4.78 is 26.5. The van der Waals surface area contributed by atoms with E-state index in [2.05, 4.69) is 15.1 Å². The van der Waals surface area contributed by atoms with Crippen LogP contribution in [0.2, 0.25) is 0 Å². The van der Waals surface area contributed by atoms with E-state index in [1.807, 2.05) is 0 Å². The third-order valence-corrected chi connectivity index (χ3v) is 6.05. The molecule has 2 N–H and O–H groups in total. The minimum atomic E-state index is -3.83. The average Bonchev–Trinajstić information content (AvgIpc) is 3.18. The number of hydrogen-bond donors (Lipinski definition) is 2. The van der Waals surface area contributed by atoms with Gasteiger partial charge in [-0.2, -0.15) is 9.40 Å². The lowest BCUT2D eigenvalue weighted by Crippen LogP contribution is -2.37. The summed E-state index contributed by atoms with van der Waals surface area (Å²) >= 11 is 0. The number of nitrogens with one attached hydrogen (secondary N) is 1. The highest BCUT2D eigenvalue weighted by Crippen LogP contribution is 2.26. The Morgan fingerprint density at radius 2 is 2.05 bits per heavy atom. The molecule has 2 fully saturated rings. The molecule has 3 rings (SSSR count). The number of aromatic amines is 1. The van der Waals surface area contributed by atoms with Crippen molar-refractivity contribution in [1.82, 2.24) is 19.4 Å². The molecule has 0 radical (unpaired) electrons. The summed E-state index contributed by atoms with van der Waals surface area (Å²) in [5.41, 5.74) is -0.306. The second-order valence-corrected chi connectivity index (χ2v) is 7.34. The number of H-pyrrole nitrogens is 1. The van der Waals surface area contributed by atoms with Crippen LogP contribution in [0.5, 0.6) is 0 Å². The van der Waals surface area contributed by atoms with Crippen LogP contribution in [-0.4, -0.2) is 71.1 Å². The second kappa shape index (κ2) is 5.39. The monoisotopic (exact) mass is 314 g/mol. The fraction of sp³-hybridized carbons (Fsp3) is 0.667. The van der Waals surface area contributed by atoms with Crippen LogP contribution in [0.3, 0.4) is 0 Å². The van der Waals surface area contributed by atoms with Crippen molar-refractivity contribution in [3.63, 3.8) is 0 Å². The van der Waals surface area contributed by atoms with E-state index in [-0.39, 0.29) is 16.6 Å². The SMILES string of the molecule is O=C(O)c1cn[nH]c1S(=O)(=O)N1CCC(N2CCCC2)C1. The van der Waals surface area contributed by atoms with Gasteiger partial charge in [-0.1, -0.05) is 0 Å². The Kier molecular flexibility index (Phi) is 3.72. The molecule has 2 saturated heterocycles. The van der Waals surface area contributed by atoms with E-state index in [0.29, 0.717) is 13.1 Å². The Bertz CT molecular complexity index is 635. The Hall–Kier alpha value is -1.45. The summed E-state index contributed by atoms with van der Waals surface area (Å²) in [4.78, 5) is 13.4. The Morgan fingerprint density at radius 1 is 1.33 bits per heavy atom. The second-order valence-electron chi connectivity index (χ2n) is 5.47. The average molecular weight is 314 g/mol. The van der Waals surface area contributed by atoms with Crippen molar-refractivity contribution in [2.75, 3.05) is 26.2 Å². The van der Waals surface area contributed by atoms with Crippen LogP contribution in [0.25, 0.3) is 0 Å². The largest absolute Gasteiger partial charge is 0.478 e. The molecular formula is C12H18N4O4S. The van der Waals surface area contributed by atoms with Crippen molar-refractivity contribution in [2.24, 2.45) is 0 Å². The van der Waals surface area contributed by atoms with E-state index in [1.54, 1.807) is 0 Å². The summed E-state index contributed by atoms with van der Waals surface area (Å²) in [7, 11) is -3.83. The van der Waals surface area contributed by atoms with E-state index >= 15 is 0 Å². The molecule has 116 valence electrons. The first kappa shape index (κ1) is 14.5. The number of nitrogens with zero attached hydrogens (tertiary/aromatic N) is 3. The molecule has 2 aliphatic rings. The first-order chi connectivity index (χ1) is 10.00. The van der Waals surface area contributed by atoms with Gasteiger partial charge in [0, 0.05) is 19.1 Å². The molecule has 0 aliphatic carbocycles. The van der Waals surface area contributed by atoms with Crippen molar-refractivity contribution in [1.29, 1.82) is 0 Å². The summed E-state index contributed by atoms with van der Waals surface area (Å²) in [5, 5.41) is 14.6. The quantitative estimate of drug-likeness (QED) is 0.808. The predicted molar refractivity (Wildman–Crippen MR) is 73.5 cm³/mol. The molecule has 0 spiro atoms. The van der Waals surface area contributed by atoms with Crippen molar-refractivity contribution in [3.05, 3.63) is 11.8 Å². The summed E-state index contributed by atoms with van der Waals surface area (Å²) in [6, 6.07) is 0.235. The van der Waals surface area contributed by atoms with Gasteiger partial charge in [-0.25, -0.2) is 13.2 Å². The van der Waals surface area contributed by atoms with Gasteiger partial charge in [0.05, 0.1) is 6.20 Å². The molecule has 0 amide bonds. The molecular weight excluding hydrogens is 296 g/mol. The molecule has 0 saturated carbocycles. The predicted octanol–water partition coefficient (Wildman–Crippen LogP) is -0.0333. The van der Waals surface area contributed by atoms with Crippen LogP contribution in [0.15, 0.2) is 11.2 Å². The highest BCUT2D eigenvalue weighted by Gasteiger charge is 2.38. The highest BCUT2D eigenvalue weighted by atomic mass is 32.2. The lowest BCUT2D eigenvalue weighted by molar-refractivity contribution is 0.0692. The third-order valence-electron chi connectivity index (χ3n) is 4.22. The molecule has 3 heterocycles. The van der Waals surface area contributed by atoms with Crippen LogP contribution in [-0.2, 0) is 10.0 Å². The fourth-order valence-corrected chi connectivity index (χ4v) is 4.64. The maximum absolute atomic E-state index is 12.6.